The van der Waals surface area contributed by atoms with Gasteiger partial charge >= 0.3 is 0 Å². The van der Waals surface area contributed by atoms with E-state index >= 15 is 0 Å². The molecule has 3 rings (SSSR count). The Morgan fingerprint density at radius 1 is 1.29 bits per heavy atom. The first-order valence-corrected chi connectivity index (χ1v) is 7.22. The van der Waals surface area contributed by atoms with Crippen molar-refractivity contribution in [3.05, 3.63) is 43.1 Å². The maximum Gasteiger partial charge on any atom is 0.243 e. The molecule has 21 heavy (non-hydrogen) atoms. The average Bonchev–Trinajstić information content (AvgIpc) is 3.04. The topological polar surface area (TPSA) is 64.2 Å². The van der Waals surface area contributed by atoms with Crippen molar-refractivity contribution >= 4 is 17.0 Å². The van der Waals surface area contributed by atoms with E-state index in [0.29, 0.717) is 5.69 Å². The molecule has 0 saturated carbocycles. The number of hydrogen-bond acceptors (Lipinski definition) is 3. The average molecular weight is 285 g/mol. The predicted molar refractivity (Wildman–Crippen MR) is 82.9 cm³/mol. The van der Waals surface area contributed by atoms with Crippen LogP contribution in [0.2, 0.25) is 0 Å². The third-order valence-electron chi connectivity index (χ3n) is 3.54. The van der Waals surface area contributed by atoms with Crippen LogP contribution in [0.5, 0.6) is 0 Å². The first kappa shape index (κ1) is 13.5. The zero-order valence-electron chi connectivity index (χ0n) is 12.2. The van der Waals surface area contributed by atoms with Gasteiger partial charge in [-0.15, -0.1) is 5.10 Å². The van der Waals surface area contributed by atoms with Crippen molar-refractivity contribution in [2.45, 2.75) is 19.4 Å². The molecule has 3 aromatic heterocycles. The van der Waals surface area contributed by atoms with Gasteiger partial charge in [0.05, 0.1) is 19.1 Å². The molecule has 3 heterocycles. The quantitative estimate of drug-likeness (QED) is 0.532. The van der Waals surface area contributed by atoms with Crippen molar-refractivity contribution in [2.75, 3.05) is 17.6 Å². The first-order chi connectivity index (χ1) is 10.2. The van der Waals surface area contributed by atoms with Crippen LogP contribution in [0.3, 0.4) is 0 Å². The van der Waals surface area contributed by atoms with Gasteiger partial charge in [-0.25, -0.2) is 13.6 Å². The Morgan fingerprint density at radius 3 is 2.95 bits per heavy atom. The third-order valence-corrected chi connectivity index (χ3v) is 3.54. The third kappa shape index (κ3) is 2.99. The van der Waals surface area contributed by atoms with E-state index in [1.807, 2.05) is 31.4 Å². The van der Waals surface area contributed by atoms with E-state index in [-0.39, 0.29) is 0 Å². The number of anilines is 2. The van der Waals surface area contributed by atoms with Crippen LogP contribution >= 0.6 is 0 Å². The molecule has 0 spiro atoms. The second-order valence-electron chi connectivity index (χ2n) is 5.24. The lowest BCUT2D eigenvalue weighted by Crippen LogP contribution is -2.23. The molecule has 0 amide bonds. The zero-order valence-corrected chi connectivity index (χ0v) is 12.2. The number of aryl methyl sites for hydroxylation is 2. The molecule has 6 nitrogen and oxygen atoms in total. The Labute approximate surface area is 123 Å². The molecule has 0 aliphatic carbocycles. The van der Waals surface area contributed by atoms with E-state index in [2.05, 4.69) is 38.3 Å². The monoisotopic (exact) mass is 285 g/mol. The largest absolute Gasteiger partial charge is 0.394 e. The highest BCUT2D eigenvalue weighted by Gasteiger charge is 2.08. The fourth-order valence-electron chi connectivity index (χ4n) is 2.41. The van der Waals surface area contributed by atoms with E-state index < -0.39 is 0 Å². The number of unbranched alkanes of at least 4 members (excludes halogenated alkanes) is 1. The van der Waals surface area contributed by atoms with Crippen LogP contribution in [-0.2, 0) is 13.6 Å². The van der Waals surface area contributed by atoms with Crippen LogP contribution in [0.25, 0.3) is 5.52 Å². The molecule has 0 radical (unpaired) electrons. The number of aromatic nitrogens is 4. The van der Waals surface area contributed by atoms with Gasteiger partial charge in [0.15, 0.2) is 5.82 Å². The first-order valence-electron chi connectivity index (χ1n) is 7.22. The summed E-state index contributed by atoms with van der Waals surface area (Å²) in [6.45, 7) is 1.91. The number of pyridine rings is 1. The fourth-order valence-corrected chi connectivity index (χ4v) is 2.41. The van der Waals surface area contributed by atoms with E-state index in [0.717, 1.165) is 37.3 Å². The number of nitrogens with zero attached hydrogens (tertiary/aromatic N) is 4. The summed E-state index contributed by atoms with van der Waals surface area (Å²) < 4.78 is 6.05. The van der Waals surface area contributed by atoms with Crippen LogP contribution in [-0.4, -0.2) is 20.7 Å². The summed E-state index contributed by atoms with van der Waals surface area (Å²) in [6.07, 6.45) is 10.3. The number of hydrogen-bond donors (Lipinski definition) is 2. The molecule has 0 unspecified atom stereocenters. The van der Waals surface area contributed by atoms with Crippen LogP contribution in [0.1, 0.15) is 12.8 Å². The molecule has 110 valence electrons. The standard InChI is InChI=1S/C15H21N6/c1-19-10-11-20(12-19)8-5-3-7-17-15-14(16)13-6-2-4-9-21(13)18-15/h2,4,6,9-12H,3,5,7-8,16H2,1H3,(H,17,18)/q+1. The Bertz CT molecular complexity index is 727. The number of nitrogens with one attached hydrogen (secondary N) is 1. The van der Waals surface area contributed by atoms with Crippen LogP contribution in [0.15, 0.2) is 43.1 Å². The summed E-state index contributed by atoms with van der Waals surface area (Å²) in [5.74, 6) is 0.772. The van der Waals surface area contributed by atoms with Crippen molar-refractivity contribution < 1.29 is 4.57 Å². The summed E-state index contributed by atoms with van der Waals surface area (Å²) in [5.41, 5.74) is 7.75. The summed E-state index contributed by atoms with van der Waals surface area (Å²) >= 11 is 0. The smallest absolute Gasteiger partial charge is 0.243 e. The summed E-state index contributed by atoms with van der Waals surface area (Å²) in [6, 6.07) is 5.88. The van der Waals surface area contributed by atoms with Gasteiger partial charge < -0.3 is 11.1 Å². The Morgan fingerprint density at radius 2 is 2.19 bits per heavy atom. The van der Waals surface area contributed by atoms with Gasteiger partial charge in [-0.3, -0.25) is 0 Å². The molecule has 0 atom stereocenters. The summed E-state index contributed by atoms with van der Waals surface area (Å²) in [7, 11) is 2.03. The molecular formula is C15H21N6+. The minimum Gasteiger partial charge on any atom is -0.394 e. The van der Waals surface area contributed by atoms with Gasteiger partial charge in [0, 0.05) is 12.7 Å². The molecule has 0 aromatic carbocycles. The van der Waals surface area contributed by atoms with Crippen molar-refractivity contribution in [1.82, 2.24) is 14.2 Å². The minimum atomic E-state index is 0.716. The van der Waals surface area contributed by atoms with Gasteiger partial charge in [0.25, 0.3) is 0 Å². The van der Waals surface area contributed by atoms with Crippen molar-refractivity contribution in [3.8, 4) is 0 Å². The normalized spacial score (nSPS) is 11.1. The summed E-state index contributed by atoms with van der Waals surface area (Å²) in [4.78, 5) is 0. The number of nitrogens with two attached hydrogens (primary N) is 1. The van der Waals surface area contributed by atoms with E-state index in [4.69, 9.17) is 5.73 Å². The van der Waals surface area contributed by atoms with E-state index in [1.165, 1.54) is 0 Å². The lowest BCUT2D eigenvalue weighted by Gasteiger charge is -2.02. The lowest BCUT2D eigenvalue weighted by molar-refractivity contribution is -0.671. The highest BCUT2D eigenvalue weighted by molar-refractivity contribution is 5.80. The van der Waals surface area contributed by atoms with Crippen molar-refractivity contribution in [2.24, 2.45) is 7.05 Å². The molecule has 0 fully saturated rings. The Balaban J connectivity index is 1.49. The minimum absolute atomic E-state index is 0.716. The van der Waals surface area contributed by atoms with Gasteiger partial charge in [0.1, 0.15) is 18.1 Å². The maximum atomic E-state index is 6.09. The number of fused-ring (bicyclic) bond motifs is 1. The molecule has 0 aliphatic heterocycles. The Kier molecular flexibility index (Phi) is 3.77. The highest BCUT2D eigenvalue weighted by Crippen LogP contribution is 2.22. The molecule has 0 aliphatic rings. The second kappa shape index (κ2) is 5.87. The number of imidazole rings is 1. The molecule has 3 N–H and O–H groups in total. The van der Waals surface area contributed by atoms with E-state index in [9.17, 15) is 0 Å². The molecule has 6 heteroatoms. The lowest BCUT2D eigenvalue weighted by atomic mass is 10.3. The highest BCUT2D eigenvalue weighted by atomic mass is 15.3. The number of nitrogen functional groups attached to an aromatic ring is 1. The van der Waals surface area contributed by atoms with Crippen LogP contribution < -0.4 is 15.6 Å². The van der Waals surface area contributed by atoms with Crippen molar-refractivity contribution in [1.29, 1.82) is 0 Å². The molecular weight excluding hydrogens is 264 g/mol. The summed E-state index contributed by atoms with van der Waals surface area (Å²) in [5, 5.41) is 7.77. The predicted octanol–water partition coefficient (Wildman–Crippen LogP) is 1.43. The van der Waals surface area contributed by atoms with Gasteiger partial charge in [-0.2, -0.15) is 0 Å². The van der Waals surface area contributed by atoms with Crippen LogP contribution in [0, 0.1) is 0 Å². The van der Waals surface area contributed by atoms with Crippen molar-refractivity contribution in [3.63, 3.8) is 0 Å². The maximum absolute atomic E-state index is 6.09. The second-order valence-corrected chi connectivity index (χ2v) is 5.24. The van der Waals surface area contributed by atoms with Crippen LogP contribution in [0.4, 0.5) is 11.5 Å². The Hall–Kier alpha value is -2.50. The SMILES string of the molecule is C[n+]1ccn(CCCCNc2nn3ccccc3c2N)c1. The molecule has 0 bridgehead atoms. The fraction of sp³-hybridized carbons (Fsp3) is 0.333. The van der Waals surface area contributed by atoms with Gasteiger partial charge in [-0.05, 0) is 25.0 Å². The number of rotatable bonds is 6. The molecule has 3 aromatic rings. The van der Waals surface area contributed by atoms with Gasteiger partial charge in [-0.1, -0.05) is 6.07 Å². The zero-order chi connectivity index (χ0) is 14.7. The van der Waals surface area contributed by atoms with E-state index in [1.54, 1.807) is 4.52 Å². The molecule has 0 saturated heterocycles. The van der Waals surface area contributed by atoms with Gasteiger partial charge in [0.2, 0.25) is 6.33 Å².